The third kappa shape index (κ3) is 7.35. The van der Waals surface area contributed by atoms with E-state index in [1.54, 1.807) is 41.1 Å². The lowest BCUT2D eigenvalue weighted by atomic mass is 10.0. The Labute approximate surface area is 366 Å². The summed E-state index contributed by atoms with van der Waals surface area (Å²) in [5, 5.41) is 3.99. The lowest BCUT2D eigenvalue weighted by Crippen LogP contribution is -2.43. The number of carbonyl (C=O) groups is 1. The number of anilines is 2. The number of nitrogens with one attached hydrogen (secondary N) is 1. The molecule has 1 saturated heterocycles. The van der Waals surface area contributed by atoms with E-state index in [0.717, 1.165) is 22.7 Å². The second-order valence-electron chi connectivity index (χ2n) is 16.8. The summed E-state index contributed by atoms with van der Waals surface area (Å²) < 4.78 is 89.8. The molecule has 1 amide bonds. The molecule has 1 saturated carbocycles. The number of halogens is 7. The lowest BCUT2D eigenvalue weighted by molar-refractivity contribution is -0.192. The molecule has 2 aliphatic heterocycles. The Bertz CT molecular complexity index is 3040. The molecule has 12 nitrogen and oxygen atoms in total. The van der Waals surface area contributed by atoms with E-state index in [-0.39, 0.29) is 66.4 Å². The molecule has 1 aliphatic carbocycles. The van der Waals surface area contributed by atoms with E-state index in [1.165, 1.54) is 33.5 Å². The van der Waals surface area contributed by atoms with Crippen LogP contribution in [0.3, 0.4) is 0 Å². The van der Waals surface area contributed by atoms with Crippen LogP contribution in [0.4, 0.5) is 38.0 Å². The van der Waals surface area contributed by atoms with E-state index in [2.05, 4.69) is 25.3 Å². The van der Waals surface area contributed by atoms with Crippen LogP contribution in [0.25, 0.3) is 27.9 Å². The average Bonchev–Trinajstić information content (AvgIpc) is 3.93. The normalized spacial score (nSPS) is 16.7. The highest BCUT2D eigenvalue weighted by molar-refractivity contribution is 6.30. The van der Waals surface area contributed by atoms with Crippen LogP contribution in [0.5, 0.6) is 0 Å². The van der Waals surface area contributed by atoms with Crippen LogP contribution in [0, 0.1) is 29.8 Å². The number of fused-ring (bicyclic) bond motifs is 4. The molecule has 19 heteroatoms. The third-order valence-electron chi connectivity index (χ3n) is 12.8. The zero-order chi connectivity index (χ0) is 44.7. The fraction of sp³-hybridized carbons (Fsp3) is 0.333. The molecule has 64 heavy (non-hydrogen) atoms. The summed E-state index contributed by atoms with van der Waals surface area (Å²) >= 11 is 6.03. The monoisotopic (exact) mass is 900 g/mol. The smallest absolute Gasteiger partial charge is 0.331 e. The van der Waals surface area contributed by atoms with Crippen LogP contribution < -0.4 is 11.0 Å². The summed E-state index contributed by atoms with van der Waals surface area (Å²) in [5.74, 6) is -2.52. The van der Waals surface area contributed by atoms with Crippen molar-refractivity contribution in [2.45, 2.75) is 64.3 Å². The number of hydrogen-bond donors (Lipinski definition) is 1. The molecular weight excluding hydrogens is 862 g/mol. The van der Waals surface area contributed by atoms with Gasteiger partial charge in [-0.25, -0.2) is 32.9 Å². The van der Waals surface area contributed by atoms with Gasteiger partial charge in [0.25, 0.3) is 5.91 Å². The summed E-state index contributed by atoms with van der Waals surface area (Å²) in [4.78, 5) is 50.6. The molecule has 330 valence electrons. The molecular formula is C45H39ClF6N10O2. The maximum atomic E-state index is 15.0. The van der Waals surface area contributed by atoms with E-state index < -0.39 is 40.8 Å². The van der Waals surface area contributed by atoms with Gasteiger partial charge in [0.1, 0.15) is 34.3 Å². The van der Waals surface area contributed by atoms with Gasteiger partial charge in [0.05, 0.1) is 41.8 Å². The Morgan fingerprint density at radius 3 is 2.44 bits per heavy atom. The Hall–Kier alpha value is -6.27. The summed E-state index contributed by atoms with van der Waals surface area (Å²) in [6, 6.07) is 14.0. The molecule has 2 fully saturated rings. The molecule has 1 N–H and O–H groups in total. The molecule has 7 heterocycles. The molecule has 7 aromatic rings. The van der Waals surface area contributed by atoms with Crippen LogP contribution in [-0.2, 0) is 19.5 Å². The number of imidazole rings is 1. The first-order chi connectivity index (χ1) is 30.7. The number of likely N-dealkylation sites (tertiary alicyclic amines) is 1. The van der Waals surface area contributed by atoms with Crippen LogP contribution in [0.15, 0.2) is 77.9 Å². The zero-order valence-corrected chi connectivity index (χ0v) is 35.0. The maximum absolute atomic E-state index is 15.0. The zero-order valence-electron chi connectivity index (χ0n) is 34.3. The van der Waals surface area contributed by atoms with E-state index in [4.69, 9.17) is 11.6 Å². The van der Waals surface area contributed by atoms with Gasteiger partial charge in [-0.05, 0) is 93.1 Å². The van der Waals surface area contributed by atoms with Gasteiger partial charge in [0.2, 0.25) is 5.95 Å². The molecule has 10 rings (SSSR count). The number of aromatic nitrogens is 7. The van der Waals surface area contributed by atoms with Crippen molar-refractivity contribution in [2.75, 3.05) is 31.5 Å². The van der Waals surface area contributed by atoms with Crippen LogP contribution in [0.1, 0.15) is 64.7 Å². The molecule has 3 aliphatic rings. The van der Waals surface area contributed by atoms with E-state index >= 15 is 4.39 Å². The van der Waals surface area contributed by atoms with Gasteiger partial charge >= 0.3 is 11.9 Å². The van der Waals surface area contributed by atoms with E-state index in [1.807, 2.05) is 16.7 Å². The average molecular weight is 901 g/mol. The number of rotatable bonds is 9. The van der Waals surface area contributed by atoms with Crippen molar-refractivity contribution in [3.05, 3.63) is 134 Å². The van der Waals surface area contributed by atoms with Gasteiger partial charge in [0.15, 0.2) is 5.65 Å². The second-order valence-corrected chi connectivity index (χ2v) is 17.3. The van der Waals surface area contributed by atoms with Crippen molar-refractivity contribution in [3.63, 3.8) is 0 Å². The first-order valence-corrected chi connectivity index (χ1v) is 21.2. The van der Waals surface area contributed by atoms with Gasteiger partial charge in [-0.15, -0.1) is 0 Å². The number of hydrogen-bond acceptors (Lipinski definition) is 8. The summed E-state index contributed by atoms with van der Waals surface area (Å²) in [6.45, 7) is 2.96. The SMILES string of the molecule is Cc1nc(Nc2ccc(F)cc2F)nc2c1n(-c1ccc(C(=O)N3CCc4c(n(Cc5ccc(Cl)cc5F)c5ncccc45)C3)nc1)c(=O)n2C1CCN(CC2(C(F)(F)F)CC2)CC1. The third-order valence-corrected chi connectivity index (χ3v) is 13.1. The van der Waals surface area contributed by atoms with Gasteiger partial charge < -0.3 is 19.7 Å². The number of benzene rings is 2. The highest BCUT2D eigenvalue weighted by atomic mass is 35.5. The summed E-state index contributed by atoms with van der Waals surface area (Å²) in [7, 11) is 0. The van der Waals surface area contributed by atoms with Gasteiger partial charge in [-0.3, -0.25) is 13.9 Å². The Kier molecular flexibility index (Phi) is 10.3. The number of piperidine rings is 1. The van der Waals surface area contributed by atoms with Crippen LogP contribution in [-0.4, -0.2) is 81.7 Å². The van der Waals surface area contributed by atoms with Crippen molar-refractivity contribution < 1.29 is 31.1 Å². The fourth-order valence-corrected chi connectivity index (χ4v) is 9.45. The number of carbonyl (C=O) groups excluding carboxylic acids is 1. The van der Waals surface area contributed by atoms with Crippen molar-refractivity contribution in [2.24, 2.45) is 5.41 Å². The minimum Gasteiger partial charge on any atom is -0.331 e. The van der Waals surface area contributed by atoms with Crippen molar-refractivity contribution in [1.82, 2.24) is 43.4 Å². The molecule has 0 radical (unpaired) electrons. The molecule has 5 aromatic heterocycles. The topological polar surface area (TPSA) is 119 Å². The first kappa shape index (κ1) is 41.7. The first-order valence-electron chi connectivity index (χ1n) is 20.9. The number of aryl methyl sites for hydroxylation is 1. The fourth-order valence-electron chi connectivity index (χ4n) is 9.29. The standard InChI is InChI=1S/C45H39ClF6N10O2/c1-25-38-40(57-42(55-25)56-35-8-6-28(47)20-34(35)49)62(29-10-16-58(17-11-29)24-44(13-14-44)45(50,51)52)43(64)61(38)30-7-9-36(54-21-30)41(63)59-18-12-31-32-3-2-15-53-39(32)60(37(31)23-59)22-26-4-5-27(46)19-33(26)48/h2-9,15,19-21,29H,10-14,16-18,22-24H2,1H3,(H,55,56,57). The minimum absolute atomic E-state index is 0.0587. The molecule has 0 bridgehead atoms. The molecule has 2 aromatic carbocycles. The number of nitrogens with zero attached hydrogens (tertiary/aromatic N) is 9. The van der Waals surface area contributed by atoms with E-state index in [9.17, 15) is 31.5 Å². The lowest BCUT2D eigenvalue weighted by Gasteiger charge is -2.35. The molecule has 0 unspecified atom stereocenters. The number of pyridine rings is 2. The van der Waals surface area contributed by atoms with Gasteiger partial charge in [0, 0.05) is 66.2 Å². The Morgan fingerprint density at radius 2 is 1.73 bits per heavy atom. The summed E-state index contributed by atoms with van der Waals surface area (Å²) in [6.07, 6.45) is 0.227. The van der Waals surface area contributed by atoms with Gasteiger partial charge in [-0.2, -0.15) is 18.2 Å². The van der Waals surface area contributed by atoms with Crippen molar-refractivity contribution in [3.8, 4) is 5.69 Å². The largest absolute Gasteiger partial charge is 0.395 e. The van der Waals surface area contributed by atoms with Crippen molar-refractivity contribution in [1.29, 1.82) is 0 Å². The highest BCUT2D eigenvalue weighted by Crippen LogP contribution is 2.58. The van der Waals surface area contributed by atoms with E-state index in [0.29, 0.717) is 73.1 Å². The predicted octanol–water partition coefficient (Wildman–Crippen LogP) is 8.68. The second kappa shape index (κ2) is 15.8. The molecule has 0 spiro atoms. The van der Waals surface area contributed by atoms with Crippen molar-refractivity contribution >= 4 is 51.3 Å². The highest BCUT2D eigenvalue weighted by Gasteiger charge is 2.63. The maximum Gasteiger partial charge on any atom is 0.395 e. The minimum atomic E-state index is -4.29. The number of amides is 1. The molecule has 0 atom stereocenters. The predicted molar refractivity (Wildman–Crippen MR) is 226 cm³/mol. The number of alkyl halides is 3. The Balaban J connectivity index is 0.959. The van der Waals surface area contributed by atoms with Gasteiger partial charge in [-0.1, -0.05) is 17.7 Å². The Morgan fingerprint density at radius 1 is 0.938 bits per heavy atom. The van der Waals surface area contributed by atoms with Crippen LogP contribution in [0.2, 0.25) is 5.02 Å². The van der Waals surface area contributed by atoms with Crippen LogP contribution >= 0.6 is 11.6 Å². The quantitative estimate of drug-likeness (QED) is 0.143. The summed E-state index contributed by atoms with van der Waals surface area (Å²) in [5.41, 5.74) is 1.91.